The highest BCUT2D eigenvalue weighted by atomic mass is 35.5. The number of non-ortho nitro benzene ring substituents is 1. The van der Waals surface area contributed by atoms with E-state index in [4.69, 9.17) is 10.00 Å². The van der Waals surface area contributed by atoms with E-state index in [-0.39, 0.29) is 24.8 Å². The van der Waals surface area contributed by atoms with Crippen LogP contribution in [0, 0.1) is 21.4 Å². The van der Waals surface area contributed by atoms with Gasteiger partial charge in [0.15, 0.2) is 0 Å². The van der Waals surface area contributed by atoms with E-state index in [1.165, 1.54) is 30.0 Å². The molecule has 0 fully saturated rings. The molecular formula is C22H18ClN7O5S. The molecule has 0 spiro atoms. The van der Waals surface area contributed by atoms with Crippen molar-refractivity contribution < 1.29 is 18.1 Å². The van der Waals surface area contributed by atoms with Crippen LogP contribution in [0.5, 0.6) is 5.75 Å². The van der Waals surface area contributed by atoms with Crippen molar-refractivity contribution in [2.45, 2.75) is 11.5 Å². The maximum absolute atomic E-state index is 13.3. The number of ether oxygens (including phenoxy) is 1. The lowest BCUT2D eigenvalue weighted by molar-refractivity contribution is -0.385. The topological polar surface area (TPSA) is 156 Å². The van der Waals surface area contributed by atoms with Crippen molar-refractivity contribution in [2.75, 3.05) is 7.05 Å². The summed E-state index contributed by atoms with van der Waals surface area (Å²) in [6.07, 6.45) is 5.90. The predicted octanol–water partition coefficient (Wildman–Crippen LogP) is 3.16. The third-order valence-electron chi connectivity index (χ3n) is 4.91. The number of benzene rings is 1. The largest absolute Gasteiger partial charge is 0.486 e. The second-order valence-electron chi connectivity index (χ2n) is 7.14. The number of hydrazone groups is 1. The van der Waals surface area contributed by atoms with Crippen LogP contribution < -0.4 is 4.74 Å². The monoisotopic (exact) mass is 527 g/mol. The summed E-state index contributed by atoms with van der Waals surface area (Å²) >= 11 is 0. The molecule has 0 unspecified atom stereocenters. The van der Waals surface area contributed by atoms with Crippen molar-refractivity contribution in [1.82, 2.24) is 19.0 Å². The Kier molecular flexibility index (Phi) is 7.83. The number of halogens is 1. The van der Waals surface area contributed by atoms with Gasteiger partial charge in [0.05, 0.1) is 40.2 Å². The molecule has 0 N–H and O–H groups in total. The summed E-state index contributed by atoms with van der Waals surface area (Å²) in [5, 5.41) is 28.5. The molecule has 0 aliphatic rings. The van der Waals surface area contributed by atoms with Crippen LogP contribution in [0.25, 0.3) is 5.52 Å². The highest BCUT2D eigenvalue weighted by Gasteiger charge is 2.27. The fourth-order valence-corrected chi connectivity index (χ4v) is 4.19. The summed E-state index contributed by atoms with van der Waals surface area (Å²) in [7, 11) is -3.15. The van der Waals surface area contributed by atoms with Crippen molar-refractivity contribution in [1.29, 1.82) is 5.26 Å². The predicted molar refractivity (Wildman–Crippen MR) is 131 cm³/mol. The van der Waals surface area contributed by atoms with Gasteiger partial charge in [-0.25, -0.2) is 4.52 Å². The molecule has 36 heavy (non-hydrogen) atoms. The summed E-state index contributed by atoms with van der Waals surface area (Å²) in [6.45, 7) is -0.0439. The Labute approximate surface area is 211 Å². The normalized spacial score (nSPS) is 11.1. The van der Waals surface area contributed by atoms with E-state index < -0.39 is 25.5 Å². The van der Waals surface area contributed by atoms with Crippen molar-refractivity contribution >= 4 is 39.8 Å². The van der Waals surface area contributed by atoms with Gasteiger partial charge in [-0.2, -0.15) is 28.3 Å². The maximum Gasteiger partial charge on any atom is 0.282 e. The molecule has 3 heterocycles. The molecule has 12 nitrogen and oxygen atoms in total. The molecule has 0 radical (unpaired) electrons. The van der Waals surface area contributed by atoms with Gasteiger partial charge in [0.25, 0.3) is 15.7 Å². The summed E-state index contributed by atoms with van der Waals surface area (Å²) in [5.74, 6) is -0.0852. The fourth-order valence-electron chi connectivity index (χ4n) is 3.08. The van der Waals surface area contributed by atoms with Gasteiger partial charge in [0.1, 0.15) is 17.3 Å². The van der Waals surface area contributed by atoms with Crippen LogP contribution >= 0.6 is 12.4 Å². The molecule has 0 aliphatic carbocycles. The number of pyridine rings is 2. The zero-order valence-corrected chi connectivity index (χ0v) is 20.3. The van der Waals surface area contributed by atoms with Gasteiger partial charge >= 0.3 is 0 Å². The summed E-state index contributed by atoms with van der Waals surface area (Å²) in [5.41, 5.74) is 1.55. The third-order valence-corrected chi connectivity index (χ3v) is 6.57. The minimum Gasteiger partial charge on any atom is -0.486 e. The second-order valence-corrected chi connectivity index (χ2v) is 9.06. The Morgan fingerprint density at radius 2 is 2.08 bits per heavy atom. The molecule has 3 aromatic heterocycles. The lowest BCUT2D eigenvalue weighted by atomic mass is 10.2. The number of nitriles is 1. The van der Waals surface area contributed by atoms with E-state index in [0.29, 0.717) is 26.8 Å². The summed E-state index contributed by atoms with van der Waals surface area (Å²) in [6, 6.07) is 13.7. The van der Waals surface area contributed by atoms with Gasteiger partial charge < -0.3 is 4.74 Å². The van der Waals surface area contributed by atoms with Gasteiger partial charge in [0.2, 0.25) is 0 Å². The van der Waals surface area contributed by atoms with Gasteiger partial charge in [0, 0.05) is 37.1 Å². The number of fused-ring (bicyclic) bond motifs is 1. The average molecular weight is 528 g/mol. The zero-order valence-electron chi connectivity index (χ0n) is 18.6. The smallest absolute Gasteiger partial charge is 0.282 e. The molecule has 14 heteroatoms. The second kappa shape index (κ2) is 10.8. The van der Waals surface area contributed by atoms with E-state index in [2.05, 4.69) is 15.2 Å². The number of nitrogens with zero attached hydrogens (tertiary/aromatic N) is 7. The molecule has 1 aromatic carbocycles. The number of hydrogen-bond acceptors (Lipinski definition) is 9. The quantitative estimate of drug-likeness (QED) is 0.192. The first-order valence-electron chi connectivity index (χ1n) is 10.0. The van der Waals surface area contributed by atoms with Gasteiger partial charge in [-0.1, -0.05) is 6.07 Å². The number of rotatable bonds is 8. The molecule has 0 saturated carbocycles. The van der Waals surface area contributed by atoms with Crippen molar-refractivity contribution in [3.05, 3.63) is 94.1 Å². The number of aromatic nitrogens is 3. The van der Waals surface area contributed by atoms with E-state index in [0.717, 1.165) is 12.1 Å². The van der Waals surface area contributed by atoms with Gasteiger partial charge in [-0.3, -0.25) is 15.1 Å². The first-order valence-corrected chi connectivity index (χ1v) is 11.4. The Morgan fingerprint density at radius 3 is 2.78 bits per heavy atom. The standard InChI is InChI=1S/C22H17N7O5S.ClH/c1-27(25-13-17-14-26-28-9-7-16(12-23)10-20(17)28)35(32,33)22-11-19(29(30)31)5-6-21(22)34-15-18-4-2-3-8-24-18;/h2-11,13-14H,15H2,1H3;1H. The zero-order chi connectivity index (χ0) is 25.0. The van der Waals surface area contributed by atoms with E-state index in [1.807, 2.05) is 6.07 Å². The molecule has 4 aromatic rings. The Hall–Kier alpha value is -4.54. The van der Waals surface area contributed by atoms with Crippen molar-refractivity contribution in [3.63, 3.8) is 0 Å². The van der Waals surface area contributed by atoms with Crippen LogP contribution in [0.3, 0.4) is 0 Å². The molecular weight excluding hydrogens is 510 g/mol. The minimum absolute atomic E-state index is 0. The fraction of sp³-hybridized carbons (Fsp3) is 0.0909. The van der Waals surface area contributed by atoms with Crippen LogP contribution in [0.4, 0.5) is 5.69 Å². The Morgan fingerprint density at radius 1 is 1.28 bits per heavy atom. The van der Waals surface area contributed by atoms with Crippen LogP contribution in [0.15, 0.2) is 77.1 Å². The number of nitro benzene ring substituents is 1. The number of sulfonamides is 1. The van der Waals surface area contributed by atoms with Gasteiger partial charge in [-0.15, -0.1) is 12.4 Å². The van der Waals surface area contributed by atoms with Crippen LogP contribution in [0.1, 0.15) is 16.8 Å². The molecule has 0 atom stereocenters. The molecule has 4 rings (SSSR count). The SMILES string of the molecule is CN(N=Cc1cnn2ccc(C#N)cc12)S(=O)(=O)c1cc([N+](=O)[O-])ccc1OCc1ccccn1.Cl. The van der Waals surface area contributed by atoms with Crippen molar-refractivity contribution in [2.24, 2.45) is 5.10 Å². The number of hydrogen-bond donors (Lipinski definition) is 0. The maximum atomic E-state index is 13.3. The molecule has 0 saturated heterocycles. The first kappa shape index (κ1) is 26.1. The van der Waals surface area contributed by atoms with Crippen LogP contribution in [0.2, 0.25) is 0 Å². The highest BCUT2D eigenvalue weighted by molar-refractivity contribution is 7.89. The highest BCUT2D eigenvalue weighted by Crippen LogP contribution is 2.31. The van der Waals surface area contributed by atoms with E-state index in [1.54, 1.807) is 42.7 Å². The van der Waals surface area contributed by atoms with Gasteiger partial charge in [-0.05, 0) is 30.3 Å². The molecule has 0 amide bonds. The first-order chi connectivity index (χ1) is 16.8. The van der Waals surface area contributed by atoms with Crippen molar-refractivity contribution in [3.8, 4) is 11.8 Å². The van der Waals surface area contributed by atoms with E-state index >= 15 is 0 Å². The number of nitro groups is 1. The third kappa shape index (κ3) is 5.40. The molecule has 0 aliphatic heterocycles. The van der Waals surface area contributed by atoms with Crippen LogP contribution in [-0.4, -0.2) is 45.6 Å². The molecule has 184 valence electrons. The Bertz CT molecular complexity index is 1580. The lowest BCUT2D eigenvalue weighted by Gasteiger charge is -2.16. The Balaban J connectivity index is 0.00000361. The average Bonchev–Trinajstić information content (AvgIpc) is 3.28. The molecule has 0 bridgehead atoms. The van der Waals surface area contributed by atoms with Crippen LogP contribution in [-0.2, 0) is 16.6 Å². The summed E-state index contributed by atoms with van der Waals surface area (Å²) < 4.78 is 34.4. The summed E-state index contributed by atoms with van der Waals surface area (Å²) in [4.78, 5) is 14.3. The lowest BCUT2D eigenvalue weighted by Crippen LogP contribution is -2.23. The minimum atomic E-state index is -4.34. The van der Waals surface area contributed by atoms with E-state index in [9.17, 15) is 18.5 Å².